The van der Waals surface area contributed by atoms with E-state index in [1.165, 1.54) is 12.1 Å². The van der Waals surface area contributed by atoms with Crippen LogP contribution in [0.3, 0.4) is 0 Å². The molecule has 0 bridgehead atoms. The number of benzene rings is 2. The highest BCUT2D eigenvalue weighted by Crippen LogP contribution is 2.39. The molecular weight excluding hydrogens is 619 g/mol. The molecule has 2 unspecified atom stereocenters. The number of rotatable bonds is 6. The molecule has 0 aromatic heterocycles. The third kappa shape index (κ3) is 7.71. The summed E-state index contributed by atoms with van der Waals surface area (Å²) in [7, 11) is 0. The summed E-state index contributed by atoms with van der Waals surface area (Å²) >= 11 is 19.2. The van der Waals surface area contributed by atoms with Crippen LogP contribution >= 0.6 is 34.8 Å². The number of nitrogens with one attached hydrogen (secondary N) is 2. The number of amidine groups is 1. The number of carbonyl (C=O) groups is 1. The molecule has 0 spiro atoms. The molecule has 2 aromatic carbocycles. The van der Waals surface area contributed by atoms with Gasteiger partial charge in [-0.05, 0) is 62.9 Å². The topological polar surface area (TPSA) is 82.8 Å². The van der Waals surface area contributed by atoms with Gasteiger partial charge in [0.2, 0.25) is 5.91 Å². The van der Waals surface area contributed by atoms with E-state index in [1.54, 1.807) is 30.9 Å². The molecule has 15 heteroatoms. The molecule has 0 radical (unpaired) electrons. The minimum Gasteiger partial charge on any atom is -0.370 e. The monoisotopic (exact) mass is 645 g/mol. The molecule has 1 aliphatic rings. The van der Waals surface area contributed by atoms with Crippen LogP contribution in [0.25, 0.3) is 0 Å². The van der Waals surface area contributed by atoms with Gasteiger partial charge >= 0.3 is 12.4 Å². The smallest absolute Gasteiger partial charge is 0.370 e. The number of anilines is 2. The lowest BCUT2D eigenvalue weighted by Gasteiger charge is -2.36. The Morgan fingerprint density at radius 1 is 1.12 bits per heavy atom. The molecule has 6 nitrogen and oxygen atoms in total. The van der Waals surface area contributed by atoms with Crippen molar-refractivity contribution in [2.24, 2.45) is 16.6 Å². The summed E-state index contributed by atoms with van der Waals surface area (Å²) in [6, 6.07) is 6.14. The van der Waals surface area contributed by atoms with Crippen molar-refractivity contribution >= 4 is 63.6 Å². The van der Waals surface area contributed by atoms with Gasteiger partial charge in [0.1, 0.15) is 11.5 Å². The molecule has 3 rings (SSSR count). The van der Waals surface area contributed by atoms with Crippen LogP contribution in [0.1, 0.15) is 37.8 Å². The SMILES string of the molecule is CC(=Nc1c(Cl)ccc(CNC(=O)C(C)(N)C(F)(F)F)c1Cl)Nc1cc(Cl)c(N2CCCC(C(F)(F)F)C2)cc1C. The van der Waals surface area contributed by atoms with E-state index in [0.29, 0.717) is 42.7 Å². The number of nitrogens with zero attached hydrogens (tertiary/aromatic N) is 2. The van der Waals surface area contributed by atoms with Crippen LogP contribution in [0, 0.1) is 12.8 Å². The van der Waals surface area contributed by atoms with Crippen LogP contribution in [0.15, 0.2) is 29.3 Å². The number of alkyl halides is 6. The highest BCUT2D eigenvalue weighted by molar-refractivity contribution is 6.39. The fourth-order valence-corrected chi connectivity index (χ4v) is 5.01. The maximum absolute atomic E-state index is 13.3. The van der Waals surface area contributed by atoms with Crippen LogP contribution in [0.2, 0.25) is 15.1 Å². The molecule has 2 aromatic rings. The van der Waals surface area contributed by atoms with E-state index in [9.17, 15) is 31.1 Å². The van der Waals surface area contributed by atoms with Crippen LogP contribution in [-0.2, 0) is 11.3 Å². The lowest BCUT2D eigenvalue weighted by molar-refractivity contribution is -0.187. The second-order valence-electron chi connectivity index (χ2n) is 10.0. The number of hydrogen-bond acceptors (Lipinski definition) is 4. The Kier molecular flexibility index (Phi) is 10.0. The van der Waals surface area contributed by atoms with E-state index < -0.39 is 29.7 Å². The second kappa shape index (κ2) is 12.4. The first-order chi connectivity index (χ1) is 18.8. The molecule has 1 aliphatic heterocycles. The van der Waals surface area contributed by atoms with Gasteiger partial charge in [-0.25, -0.2) is 4.99 Å². The first-order valence-electron chi connectivity index (χ1n) is 12.4. The van der Waals surface area contributed by atoms with Crippen molar-refractivity contribution in [2.45, 2.75) is 58.0 Å². The molecule has 0 saturated carbocycles. The summed E-state index contributed by atoms with van der Waals surface area (Å²) in [6.07, 6.45) is -8.78. The van der Waals surface area contributed by atoms with Gasteiger partial charge < -0.3 is 21.3 Å². The van der Waals surface area contributed by atoms with Crippen LogP contribution in [-0.4, -0.2) is 42.7 Å². The van der Waals surface area contributed by atoms with Crippen molar-refractivity contribution in [3.05, 3.63) is 50.5 Å². The fraction of sp³-hybridized carbons (Fsp3) is 0.462. The van der Waals surface area contributed by atoms with E-state index in [0.717, 1.165) is 0 Å². The third-order valence-electron chi connectivity index (χ3n) is 6.76. The van der Waals surface area contributed by atoms with E-state index >= 15 is 0 Å². The van der Waals surface area contributed by atoms with Crippen molar-refractivity contribution in [3.63, 3.8) is 0 Å². The van der Waals surface area contributed by atoms with Crippen LogP contribution < -0.4 is 21.3 Å². The number of aryl methyl sites for hydroxylation is 1. The Morgan fingerprint density at radius 2 is 1.78 bits per heavy atom. The number of hydrogen-bond donors (Lipinski definition) is 3. The number of amides is 1. The van der Waals surface area contributed by atoms with Crippen molar-refractivity contribution in [2.75, 3.05) is 23.3 Å². The molecule has 0 aliphatic carbocycles. The summed E-state index contributed by atoms with van der Waals surface area (Å²) in [4.78, 5) is 18.1. The summed E-state index contributed by atoms with van der Waals surface area (Å²) in [6.45, 7) is 3.83. The van der Waals surface area contributed by atoms with Gasteiger partial charge in [-0.2, -0.15) is 26.3 Å². The number of halogens is 9. The van der Waals surface area contributed by atoms with E-state index in [4.69, 9.17) is 40.5 Å². The van der Waals surface area contributed by atoms with Crippen LogP contribution in [0.5, 0.6) is 0 Å². The number of carbonyl (C=O) groups excluding carboxylic acids is 1. The maximum Gasteiger partial charge on any atom is 0.415 e. The molecule has 226 valence electrons. The number of piperidine rings is 1. The van der Waals surface area contributed by atoms with Gasteiger partial charge in [0, 0.05) is 25.3 Å². The number of nitrogens with two attached hydrogens (primary N) is 1. The van der Waals surface area contributed by atoms with Gasteiger partial charge in [-0.15, -0.1) is 0 Å². The van der Waals surface area contributed by atoms with Crippen molar-refractivity contribution < 1.29 is 31.1 Å². The summed E-state index contributed by atoms with van der Waals surface area (Å²) in [5.74, 6) is -2.56. The molecule has 41 heavy (non-hydrogen) atoms. The zero-order valence-electron chi connectivity index (χ0n) is 22.2. The zero-order chi connectivity index (χ0) is 30.9. The summed E-state index contributed by atoms with van der Waals surface area (Å²) < 4.78 is 79.0. The lowest BCUT2D eigenvalue weighted by atomic mass is 9.96. The molecule has 1 amide bonds. The summed E-state index contributed by atoms with van der Waals surface area (Å²) in [5, 5.41) is 5.58. The Hall–Kier alpha value is -2.41. The number of aliphatic imine (C=N–C) groups is 1. The average molecular weight is 647 g/mol. The second-order valence-corrected chi connectivity index (χ2v) is 11.2. The van der Waals surface area contributed by atoms with E-state index in [1.807, 2.05) is 0 Å². The highest BCUT2D eigenvalue weighted by atomic mass is 35.5. The highest BCUT2D eigenvalue weighted by Gasteiger charge is 2.53. The molecule has 2 atom stereocenters. The first-order valence-corrected chi connectivity index (χ1v) is 13.5. The molecule has 1 fully saturated rings. The Labute approximate surface area is 248 Å². The maximum atomic E-state index is 13.3. The van der Waals surface area contributed by atoms with Crippen molar-refractivity contribution in [3.8, 4) is 0 Å². The van der Waals surface area contributed by atoms with Gasteiger partial charge in [0.15, 0.2) is 5.54 Å². The van der Waals surface area contributed by atoms with Crippen molar-refractivity contribution in [1.82, 2.24) is 5.32 Å². The van der Waals surface area contributed by atoms with Gasteiger partial charge in [0.05, 0.1) is 26.7 Å². The van der Waals surface area contributed by atoms with Crippen LogP contribution in [0.4, 0.5) is 43.4 Å². The van der Waals surface area contributed by atoms with Gasteiger partial charge in [0.25, 0.3) is 0 Å². The van der Waals surface area contributed by atoms with Gasteiger partial charge in [-0.1, -0.05) is 40.9 Å². The molecular formula is C26H28Cl3F6N5O. The first kappa shape index (κ1) is 33.1. The Balaban J connectivity index is 1.79. The summed E-state index contributed by atoms with van der Waals surface area (Å²) in [5.41, 5.74) is 4.12. The average Bonchev–Trinajstić information content (AvgIpc) is 2.86. The quantitative estimate of drug-likeness (QED) is 0.170. The lowest BCUT2D eigenvalue weighted by Crippen LogP contribution is -2.61. The van der Waals surface area contributed by atoms with E-state index in [2.05, 4.69) is 15.6 Å². The Morgan fingerprint density at radius 3 is 2.39 bits per heavy atom. The molecule has 4 N–H and O–H groups in total. The Bertz CT molecular complexity index is 1330. The normalized spacial score (nSPS) is 18.2. The largest absolute Gasteiger partial charge is 0.415 e. The zero-order valence-corrected chi connectivity index (χ0v) is 24.5. The van der Waals surface area contributed by atoms with E-state index in [-0.39, 0.29) is 45.8 Å². The standard InChI is InChI=1S/C26H28Cl3F6N5O/c1-13-9-20(40-8-4-5-16(12-40)25(30,31)32)18(28)10-19(13)38-14(2)39-22-17(27)7-6-15(21(22)29)11-37-23(41)24(3,36)26(33,34)35/h6-7,9-10,16H,4-5,8,11-12,36H2,1-3H3,(H,37,41)(H,38,39). The molecule has 1 saturated heterocycles. The molecule has 1 heterocycles. The fourth-order valence-electron chi connectivity index (χ4n) is 4.21. The van der Waals surface area contributed by atoms with Gasteiger partial charge in [-0.3, -0.25) is 4.79 Å². The third-order valence-corrected chi connectivity index (χ3v) is 7.79. The van der Waals surface area contributed by atoms with Crippen molar-refractivity contribution in [1.29, 1.82) is 0 Å². The predicted molar refractivity (Wildman–Crippen MR) is 151 cm³/mol. The minimum atomic E-state index is -4.96. The minimum absolute atomic E-state index is 0.000831. The predicted octanol–water partition coefficient (Wildman–Crippen LogP) is 7.79.